The quantitative estimate of drug-likeness (QED) is 0.878. The van der Waals surface area contributed by atoms with Crippen LogP contribution in [0.2, 0.25) is 0 Å². The van der Waals surface area contributed by atoms with Crippen molar-refractivity contribution in [2.45, 2.75) is 12.2 Å². The Hall–Kier alpha value is -0.630. The zero-order chi connectivity index (χ0) is 14.2. The monoisotopic (exact) mass is 361 g/mol. The van der Waals surface area contributed by atoms with E-state index in [2.05, 4.69) is 21.2 Å². The maximum atomic E-state index is 11.1. The molecule has 1 atom stereocenters. The molecule has 1 unspecified atom stereocenters. The molecule has 0 spiro atoms. The molecular formula is C13H16BrNO4S. The molecule has 0 bridgehead atoms. The Kier molecular flexibility index (Phi) is 4.03. The lowest BCUT2D eigenvalue weighted by molar-refractivity contribution is 0.0276. The molecule has 3 rings (SSSR count). The van der Waals surface area contributed by atoms with Crippen molar-refractivity contribution in [3.63, 3.8) is 0 Å². The van der Waals surface area contributed by atoms with Crippen molar-refractivity contribution in [3.05, 3.63) is 28.2 Å². The van der Waals surface area contributed by atoms with Crippen LogP contribution in [0.15, 0.2) is 22.7 Å². The molecule has 0 saturated carbocycles. The lowest BCUT2D eigenvalue weighted by atomic mass is 10.1. The van der Waals surface area contributed by atoms with Gasteiger partial charge >= 0.3 is 0 Å². The fourth-order valence-corrected chi connectivity index (χ4v) is 4.02. The number of halogens is 1. The second-order valence-electron chi connectivity index (χ2n) is 5.07. The molecule has 1 N–H and O–H groups in total. The minimum absolute atomic E-state index is 0.0539. The Bertz CT molecular complexity index is 586. The van der Waals surface area contributed by atoms with Gasteiger partial charge in [0.25, 0.3) is 0 Å². The highest BCUT2D eigenvalue weighted by molar-refractivity contribution is 9.10. The molecule has 110 valence electrons. The average Bonchev–Trinajstić information content (AvgIpc) is 2.40. The number of nitrogens with one attached hydrogen (secondary N) is 1. The summed E-state index contributed by atoms with van der Waals surface area (Å²) >= 11 is 3.47. The second kappa shape index (κ2) is 5.63. The molecule has 2 heterocycles. The first-order valence-corrected chi connectivity index (χ1v) is 9.14. The zero-order valence-corrected chi connectivity index (χ0v) is 13.2. The van der Waals surface area contributed by atoms with E-state index in [1.807, 2.05) is 18.2 Å². The predicted molar refractivity (Wildman–Crippen MR) is 78.8 cm³/mol. The van der Waals surface area contributed by atoms with E-state index < -0.39 is 9.84 Å². The van der Waals surface area contributed by atoms with Crippen LogP contribution in [-0.4, -0.2) is 45.7 Å². The molecule has 0 aromatic heterocycles. The van der Waals surface area contributed by atoms with E-state index in [4.69, 9.17) is 9.47 Å². The van der Waals surface area contributed by atoms with E-state index in [0.717, 1.165) is 23.1 Å². The standard InChI is InChI=1S/C13H16BrNO4S/c14-11-5-9(13-6-15-3-4-18-13)1-2-12(11)19-10-7-20(16,17)8-10/h1-2,5,10,13,15H,3-4,6-8H2. The molecule has 2 aliphatic heterocycles. The summed E-state index contributed by atoms with van der Waals surface area (Å²) in [5.41, 5.74) is 1.08. The molecular weight excluding hydrogens is 346 g/mol. The molecule has 0 radical (unpaired) electrons. The van der Waals surface area contributed by atoms with E-state index in [9.17, 15) is 8.42 Å². The van der Waals surface area contributed by atoms with Crippen LogP contribution in [0.1, 0.15) is 11.7 Å². The maximum Gasteiger partial charge on any atom is 0.157 e. The van der Waals surface area contributed by atoms with E-state index in [0.29, 0.717) is 12.4 Å². The molecule has 5 nitrogen and oxygen atoms in total. The van der Waals surface area contributed by atoms with Crippen LogP contribution in [0.4, 0.5) is 0 Å². The molecule has 2 aliphatic rings. The van der Waals surface area contributed by atoms with Crippen molar-refractivity contribution in [2.75, 3.05) is 31.2 Å². The van der Waals surface area contributed by atoms with Crippen molar-refractivity contribution in [3.8, 4) is 5.75 Å². The van der Waals surface area contributed by atoms with Gasteiger partial charge in [-0.25, -0.2) is 8.42 Å². The third kappa shape index (κ3) is 3.16. The van der Waals surface area contributed by atoms with Crippen LogP contribution < -0.4 is 10.1 Å². The number of hydrogen-bond acceptors (Lipinski definition) is 5. The Morgan fingerprint density at radius 2 is 2.15 bits per heavy atom. The fourth-order valence-electron chi connectivity index (χ4n) is 2.36. The number of ether oxygens (including phenoxy) is 2. The molecule has 2 fully saturated rings. The Morgan fingerprint density at radius 1 is 1.35 bits per heavy atom. The van der Waals surface area contributed by atoms with Gasteiger partial charge in [0.1, 0.15) is 11.9 Å². The summed E-state index contributed by atoms with van der Waals surface area (Å²) in [5, 5.41) is 3.29. The van der Waals surface area contributed by atoms with Gasteiger partial charge in [0, 0.05) is 13.1 Å². The summed E-state index contributed by atoms with van der Waals surface area (Å²) in [4.78, 5) is 0. The van der Waals surface area contributed by atoms with Crippen molar-refractivity contribution in [1.29, 1.82) is 0 Å². The van der Waals surface area contributed by atoms with Crippen LogP contribution >= 0.6 is 15.9 Å². The Labute approximate surface area is 126 Å². The lowest BCUT2D eigenvalue weighted by Crippen LogP contribution is -2.45. The van der Waals surface area contributed by atoms with Crippen LogP contribution in [0.25, 0.3) is 0 Å². The molecule has 0 aliphatic carbocycles. The second-order valence-corrected chi connectivity index (χ2v) is 8.08. The SMILES string of the molecule is O=S1(=O)CC(Oc2ccc(C3CNCCO3)cc2Br)C1. The molecule has 0 amide bonds. The van der Waals surface area contributed by atoms with Gasteiger partial charge in [0.2, 0.25) is 0 Å². The maximum absolute atomic E-state index is 11.1. The number of benzene rings is 1. The lowest BCUT2D eigenvalue weighted by Gasteiger charge is -2.28. The summed E-state index contributed by atoms with van der Waals surface area (Å²) in [6.07, 6.45) is -0.173. The first-order valence-electron chi connectivity index (χ1n) is 6.52. The summed E-state index contributed by atoms with van der Waals surface area (Å²) in [6, 6.07) is 5.80. The molecule has 7 heteroatoms. The van der Waals surface area contributed by atoms with Crippen LogP contribution in [-0.2, 0) is 14.6 Å². The smallest absolute Gasteiger partial charge is 0.157 e. The highest BCUT2D eigenvalue weighted by Gasteiger charge is 2.35. The number of sulfone groups is 1. The minimum atomic E-state index is -2.86. The molecule has 1 aromatic rings. The first kappa shape index (κ1) is 14.3. The van der Waals surface area contributed by atoms with Gasteiger partial charge in [0.15, 0.2) is 9.84 Å². The highest BCUT2D eigenvalue weighted by atomic mass is 79.9. The van der Waals surface area contributed by atoms with E-state index in [1.165, 1.54) is 0 Å². The zero-order valence-electron chi connectivity index (χ0n) is 10.8. The van der Waals surface area contributed by atoms with Gasteiger partial charge in [-0.2, -0.15) is 0 Å². The minimum Gasteiger partial charge on any atom is -0.487 e. The van der Waals surface area contributed by atoms with Crippen molar-refractivity contribution >= 4 is 25.8 Å². The van der Waals surface area contributed by atoms with Gasteiger partial charge in [-0.1, -0.05) is 6.07 Å². The third-order valence-electron chi connectivity index (χ3n) is 3.43. The molecule has 1 aromatic carbocycles. The van der Waals surface area contributed by atoms with Crippen LogP contribution in [0.5, 0.6) is 5.75 Å². The summed E-state index contributed by atoms with van der Waals surface area (Å²) in [7, 11) is -2.86. The van der Waals surface area contributed by atoms with Crippen molar-refractivity contribution < 1.29 is 17.9 Å². The summed E-state index contributed by atoms with van der Waals surface area (Å²) in [6.45, 7) is 2.39. The van der Waals surface area contributed by atoms with Gasteiger partial charge in [-0.3, -0.25) is 0 Å². The van der Waals surface area contributed by atoms with E-state index >= 15 is 0 Å². The third-order valence-corrected chi connectivity index (χ3v) is 5.81. The van der Waals surface area contributed by atoms with Crippen LogP contribution in [0, 0.1) is 0 Å². The van der Waals surface area contributed by atoms with Crippen molar-refractivity contribution in [1.82, 2.24) is 5.32 Å². The number of morpholine rings is 1. The first-order chi connectivity index (χ1) is 9.53. The number of hydrogen-bond donors (Lipinski definition) is 1. The molecule has 20 heavy (non-hydrogen) atoms. The van der Waals surface area contributed by atoms with Gasteiger partial charge in [-0.05, 0) is 33.6 Å². The predicted octanol–water partition coefficient (Wildman–Crippen LogP) is 1.29. The van der Waals surface area contributed by atoms with Gasteiger partial charge in [-0.15, -0.1) is 0 Å². The van der Waals surface area contributed by atoms with E-state index in [-0.39, 0.29) is 23.7 Å². The Balaban J connectivity index is 1.68. The average molecular weight is 362 g/mol. The Morgan fingerprint density at radius 3 is 2.75 bits per heavy atom. The van der Waals surface area contributed by atoms with Gasteiger partial charge < -0.3 is 14.8 Å². The number of rotatable bonds is 3. The topological polar surface area (TPSA) is 64.6 Å². The normalized spacial score (nSPS) is 25.9. The van der Waals surface area contributed by atoms with Crippen LogP contribution in [0.3, 0.4) is 0 Å². The summed E-state index contributed by atoms with van der Waals surface area (Å²) < 4.78 is 34.4. The molecule has 2 saturated heterocycles. The highest BCUT2D eigenvalue weighted by Crippen LogP contribution is 2.32. The van der Waals surface area contributed by atoms with Gasteiger partial charge in [0.05, 0.1) is 28.7 Å². The summed E-state index contributed by atoms with van der Waals surface area (Å²) in [5.74, 6) is 0.894. The van der Waals surface area contributed by atoms with Crippen molar-refractivity contribution in [2.24, 2.45) is 0 Å². The van der Waals surface area contributed by atoms with E-state index in [1.54, 1.807) is 0 Å². The fraction of sp³-hybridized carbons (Fsp3) is 0.538. The largest absolute Gasteiger partial charge is 0.487 e.